The van der Waals surface area contributed by atoms with Crippen LogP contribution in [0.3, 0.4) is 0 Å². The highest BCUT2D eigenvalue weighted by atomic mass is 16.4. The fraction of sp³-hybridized carbons (Fsp3) is 0.462. The lowest BCUT2D eigenvalue weighted by atomic mass is 10.0. The predicted octanol–water partition coefficient (Wildman–Crippen LogP) is 2.68. The summed E-state index contributed by atoms with van der Waals surface area (Å²) >= 11 is 0. The van der Waals surface area contributed by atoms with Crippen molar-refractivity contribution < 1.29 is 9.90 Å². The molecule has 0 aliphatic rings. The van der Waals surface area contributed by atoms with Crippen molar-refractivity contribution in [3.8, 4) is 0 Å². The van der Waals surface area contributed by atoms with Gasteiger partial charge in [-0.2, -0.15) is 0 Å². The Labute approximate surface area is 96.7 Å². The van der Waals surface area contributed by atoms with Gasteiger partial charge >= 0.3 is 5.97 Å². The molecule has 3 heteroatoms. The molecular formula is C13H19NO2. The third-order valence-corrected chi connectivity index (χ3v) is 2.92. The first-order chi connectivity index (χ1) is 7.41. The number of rotatable bonds is 4. The molecule has 0 atom stereocenters. The maximum Gasteiger partial charge on any atom is 0.328 e. The van der Waals surface area contributed by atoms with Crippen molar-refractivity contribution in [1.82, 2.24) is 0 Å². The number of likely N-dealkylation sites (N-methyl/N-ethyl adjacent to an activating group) is 1. The number of para-hydroxylation sites is 1. The van der Waals surface area contributed by atoms with Gasteiger partial charge in [-0.05, 0) is 39.3 Å². The molecule has 88 valence electrons. The Kier molecular flexibility index (Phi) is 3.58. The van der Waals surface area contributed by atoms with E-state index in [2.05, 4.69) is 0 Å². The van der Waals surface area contributed by atoms with Gasteiger partial charge in [-0.15, -0.1) is 0 Å². The molecule has 0 unspecified atom stereocenters. The first kappa shape index (κ1) is 12.6. The number of carboxylic acid groups (broad SMARTS) is 1. The maximum absolute atomic E-state index is 11.3. The fourth-order valence-electron chi connectivity index (χ4n) is 1.85. The van der Waals surface area contributed by atoms with Crippen molar-refractivity contribution in [3.05, 3.63) is 29.8 Å². The molecule has 0 saturated carbocycles. The first-order valence-corrected chi connectivity index (χ1v) is 5.48. The van der Waals surface area contributed by atoms with Crippen LogP contribution in [-0.4, -0.2) is 23.2 Å². The number of anilines is 1. The van der Waals surface area contributed by atoms with Gasteiger partial charge in [0.2, 0.25) is 0 Å². The van der Waals surface area contributed by atoms with E-state index in [1.54, 1.807) is 13.8 Å². The van der Waals surface area contributed by atoms with Crippen molar-refractivity contribution in [2.24, 2.45) is 0 Å². The Morgan fingerprint density at radius 3 is 2.38 bits per heavy atom. The lowest BCUT2D eigenvalue weighted by Gasteiger charge is -2.37. The van der Waals surface area contributed by atoms with Gasteiger partial charge in [0, 0.05) is 12.2 Å². The number of hydrogen-bond donors (Lipinski definition) is 1. The summed E-state index contributed by atoms with van der Waals surface area (Å²) < 4.78 is 0. The molecule has 1 aromatic carbocycles. The van der Waals surface area contributed by atoms with Gasteiger partial charge in [0.05, 0.1) is 0 Å². The zero-order valence-corrected chi connectivity index (χ0v) is 10.3. The molecule has 0 aliphatic heterocycles. The average molecular weight is 221 g/mol. The van der Waals surface area contributed by atoms with E-state index in [1.165, 1.54) is 0 Å². The van der Waals surface area contributed by atoms with Crippen LogP contribution in [0.15, 0.2) is 24.3 Å². The van der Waals surface area contributed by atoms with E-state index < -0.39 is 11.5 Å². The number of nitrogens with zero attached hydrogens (tertiary/aromatic N) is 1. The fourth-order valence-corrected chi connectivity index (χ4v) is 1.85. The molecular weight excluding hydrogens is 202 g/mol. The van der Waals surface area contributed by atoms with E-state index >= 15 is 0 Å². The van der Waals surface area contributed by atoms with Crippen molar-refractivity contribution in [1.29, 1.82) is 0 Å². The second-order valence-electron chi connectivity index (χ2n) is 4.39. The lowest BCUT2D eigenvalue weighted by Crippen LogP contribution is -2.50. The molecule has 0 aliphatic carbocycles. The smallest absolute Gasteiger partial charge is 0.328 e. The van der Waals surface area contributed by atoms with E-state index in [-0.39, 0.29) is 0 Å². The van der Waals surface area contributed by atoms with Crippen LogP contribution in [0.2, 0.25) is 0 Å². The van der Waals surface area contributed by atoms with Gasteiger partial charge in [-0.1, -0.05) is 18.2 Å². The van der Waals surface area contributed by atoms with Crippen LogP contribution in [0.4, 0.5) is 5.69 Å². The lowest BCUT2D eigenvalue weighted by molar-refractivity contribution is -0.142. The Balaban J connectivity index is 3.18. The minimum Gasteiger partial charge on any atom is -0.480 e. The quantitative estimate of drug-likeness (QED) is 0.849. The summed E-state index contributed by atoms with van der Waals surface area (Å²) in [4.78, 5) is 13.2. The Bertz CT molecular complexity index is 385. The van der Waals surface area contributed by atoms with E-state index in [1.807, 2.05) is 43.0 Å². The Morgan fingerprint density at radius 2 is 1.94 bits per heavy atom. The van der Waals surface area contributed by atoms with Crippen LogP contribution in [0.5, 0.6) is 0 Å². The molecule has 1 aromatic rings. The van der Waals surface area contributed by atoms with Gasteiger partial charge in [0.15, 0.2) is 0 Å². The molecule has 0 saturated heterocycles. The normalized spacial score (nSPS) is 11.2. The van der Waals surface area contributed by atoms with Crippen LogP contribution in [0, 0.1) is 6.92 Å². The summed E-state index contributed by atoms with van der Waals surface area (Å²) in [6.45, 7) is 8.09. The molecule has 0 heterocycles. The molecule has 16 heavy (non-hydrogen) atoms. The van der Waals surface area contributed by atoms with Gasteiger partial charge in [0.25, 0.3) is 0 Å². The number of hydrogen-bond acceptors (Lipinski definition) is 2. The van der Waals surface area contributed by atoms with Crippen LogP contribution in [0.1, 0.15) is 26.3 Å². The highest BCUT2D eigenvalue weighted by Gasteiger charge is 2.34. The molecule has 0 aromatic heterocycles. The summed E-state index contributed by atoms with van der Waals surface area (Å²) in [6, 6.07) is 7.85. The highest BCUT2D eigenvalue weighted by molar-refractivity contribution is 5.83. The number of aliphatic carboxylic acids is 1. The second-order valence-corrected chi connectivity index (χ2v) is 4.39. The number of benzene rings is 1. The predicted molar refractivity (Wildman–Crippen MR) is 65.9 cm³/mol. The number of aryl methyl sites for hydroxylation is 1. The van der Waals surface area contributed by atoms with Crippen molar-refractivity contribution >= 4 is 11.7 Å². The molecule has 3 nitrogen and oxygen atoms in total. The summed E-state index contributed by atoms with van der Waals surface area (Å²) in [6.07, 6.45) is 0. The topological polar surface area (TPSA) is 40.5 Å². The SMILES string of the molecule is CCN(c1ccccc1C)C(C)(C)C(=O)O. The largest absolute Gasteiger partial charge is 0.480 e. The number of carbonyl (C=O) groups is 1. The molecule has 0 amide bonds. The number of carboxylic acids is 1. The van der Waals surface area contributed by atoms with Gasteiger partial charge < -0.3 is 10.0 Å². The molecule has 0 radical (unpaired) electrons. The van der Waals surface area contributed by atoms with Gasteiger partial charge in [-0.3, -0.25) is 0 Å². The van der Waals surface area contributed by atoms with Gasteiger partial charge in [0.1, 0.15) is 5.54 Å². The third kappa shape index (κ3) is 2.18. The molecule has 0 spiro atoms. The monoisotopic (exact) mass is 221 g/mol. The summed E-state index contributed by atoms with van der Waals surface area (Å²) in [7, 11) is 0. The Hall–Kier alpha value is -1.51. The molecule has 0 bridgehead atoms. The van der Waals surface area contributed by atoms with E-state index in [0.717, 1.165) is 11.3 Å². The standard InChI is InChI=1S/C13H19NO2/c1-5-14(13(3,4)12(15)16)11-9-7-6-8-10(11)2/h6-9H,5H2,1-4H3,(H,15,16). The van der Waals surface area contributed by atoms with Crippen LogP contribution in [-0.2, 0) is 4.79 Å². The van der Waals surface area contributed by atoms with E-state index in [9.17, 15) is 9.90 Å². The van der Waals surface area contributed by atoms with Crippen LogP contribution < -0.4 is 4.90 Å². The molecule has 1 N–H and O–H groups in total. The summed E-state index contributed by atoms with van der Waals surface area (Å²) in [5.41, 5.74) is 1.19. The Morgan fingerprint density at radius 1 is 1.38 bits per heavy atom. The summed E-state index contributed by atoms with van der Waals surface area (Å²) in [5, 5.41) is 9.25. The third-order valence-electron chi connectivity index (χ3n) is 2.92. The second kappa shape index (κ2) is 4.56. The van der Waals surface area contributed by atoms with Crippen molar-refractivity contribution in [2.75, 3.05) is 11.4 Å². The van der Waals surface area contributed by atoms with Crippen molar-refractivity contribution in [2.45, 2.75) is 33.2 Å². The van der Waals surface area contributed by atoms with Gasteiger partial charge in [-0.25, -0.2) is 4.79 Å². The van der Waals surface area contributed by atoms with E-state index in [0.29, 0.717) is 6.54 Å². The molecule has 0 fully saturated rings. The van der Waals surface area contributed by atoms with Crippen LogP contribution >= 0.6 is 0 Å². The summed E-state index contributed by atoms with van der Waals surface area (Å²) in [5.74, 6) is -0.808. The highest BCUT2D eigenvalue weighted by Crippen LogP contribution is 2.26. The average Bonchev–Trinajstić information content (AvgIpc) is 2.21. The van der Waals surface area contributed by atoms with Crippen LogP contribution in [0.25, 0.3) is 0 Å². The minimum atomic E-state index is -0.888. The van der Waals surface area contributed by atoms with E-state index in [4.69, 9.17) is 0 Å². The minimum absolute atomic E-state index is 0.671. The van der Waals surface area contributed by atoms with Crippen molar-refractivity contribution in [3.63, 3.8) is 0 Å². The maximum atomic E-state index is 11.3. The zero-order valence-electron chi connectivity index (χ0n) is 10.3. The first-order valence-electron chi connectivity index (χ1n) is 5.48. The molecule has 1 rings (SSSR count). The zero-order chi connectivity index (χ0) is 12.3.